The smallest absolute Gasteiger partial charge is 0.290 e. The van der Waals surface area contributed by atoms with Crippen molar-refractivity contribution in [2.75, 3.05) is 29.5 Å². The Morgan fingerprint density at radius 2 is 1.54 bits per heavy atom. The van der Waals surface area contributed by atoms with E-state index in [1.807, 2.05) is 36.4 Å². The second-order valence-corrected chi connectivity index (χ2v) is 12.6. The van der Waals surface area contributed by atoms with Crippen LogP contribution in [0.1, 0.15) is 97.6 Å². The van der Waals surface area contributed by atoms with E-state index in [-0.39, 0.29) is 11.0 Å². The number of hydrogen-bond acceptors (Lipinski definition) is 7. The van der Waals surface area contributed by atoms with E-state index in [1.165, 1.54) is 0 Å². The molecule has 0 unspecified atom stereocenters. The highest BCUT2D eigenvalue weighted by molar-refractivity contribution is 7.16. The lowest BCUT2D eigenvalue weighted by atomic mass is 9.89. The Labute approximate surface area is 250 Å². The highest BCUT2D eigenvalue weighted by atomic mass is 32.1. The van der Waals surface area contributed by atoms with Crippen molar-refractivity contribution in [2.24, 2.45) is 0 Å². The third-order valence-electron chi connectivity index (χ3n) is 7.20. The van der Waals surface area contributed by atoms with E-state index < -0.39 is 11.8 Å². The van der Waals surface area contributed by atoms with E-state index in [0.717, 1.165) is 78.0 Å². The Hall–Kier alpha value is -3.44. The highest BCUT2D eigenvalue weighted by Gasteiger charge is 2.40. The molecule has 2 heterocycles. The Kier molecular flexibility index (Phi) is 11.3. The predicted octanol–water partition coefficient (Wildman–Crippen LogP) is 7.66. The van der Waals surface area contributed by atoms with Crippen LogP contribution in [0.25, 0.3) is 6.08 Å². The molecule has 1 aliphatic heterocycles. The van der Waals surface area contributed by atoms with Gasteiger partial charge in [-0.3, -0.25) is 14.6 Å². The number of thiazole rings is 1. The maximum Gasteiger partial charge on any atom is 0.290 e. The molecule has 0 radical (unpaired) electrons. The second-order valence-electron chi connectivity index (χ2n) is 11.6. The van der Waals surface area contributed by atoms with Gasteiger partial charge in [0, 0.05) is 30.6 Å². The molecule has 3 rings (SSSR count). The molecule has 8 heteroatoms. The van der Waals surface area contributed by atoms with E-state index in [1.54, 1.807) is 23.3 Å². The van der Waals surface area contributed by atoms with Gasteiger partial charge in [-0.25, -0.2) is 4.98 Å². The first-order chi connectivity index (χ1) is 19.6. The maximum absolute atomic E-state index is 14.2. The van der Waals surface area contributed by atoms with Gasteiger partial charge in [0.2, 0.25) is 0 Å². The van der Waals surface area contributed by atoms with Crippen LogP contribution in [0.2, 0.25) is 0 Å². The van der Waals surface area contributed by atoms with Gasteiger partial charge in [-0.05, 0) is 50.0 Å². The van der Waals surface area contributed by atoms with E-state index in [2.05, 4.69) is 52.5 Å². The summed E-state index contributed by atoms with van der Waals surface area (Å²) in [6.07, 6.45) is 7.91. The summed E-state index contributed by atoms with van der Waals surface area (Å²) in [5.74, 6) is -1.01. The molecule has 1 aromatic carbocycles. The van der Waals surface area contributed by atoms with E-state index in [9.17, 15) is 14.9 Å². The zero-order chi connectivity index (χ0) is 30.2. The molecule has 2 aromatic rings. The summed E-state index contributed by atoms with van der Waals surface area (Å²) < 4.78 is 0. The van der Waals surface area contributed by atoms with Gasteiger partial charge >= 0.3 is 0 Å². The van der Waals surface area contributed by atoms with Gasteiger partial charge in [0.25, 0.3) is 11.8 Å². The lowest BCUT2D eigenvalue weighted by Gasteiger charge is -2.37. The molecule has 0 bridgehead atoms. The fraction of sp³-hybridized carbons (Fsp3) is 0.515. The summed E-state index contributed by atoms with van der Waals surface area (Å²) in [6.45, 7) is 16.9. The standard InChI is InChI=1S/C33H45N5O2S/c1-8-11-19-36(20-12-9-2)32-35-29(33(5,6)7)28(41-32)22-26-24(4)27(23-34)31(40)38(30(26)39)37(21-13-10-3)25-17-15-14-16-18-25/h14-18,22H,8-13,19-21H2,1-7H3/b26-22-. The second kappa shape index (κ2) is 14.5. The number of imide groups is 1. The fourth-order valence-corrected chi connectivity index (χ4v) is 6.03. The van der Waals surface area contributed by atoms with Crippen molar-refractivity contribution in [2.45, 2.75) is 92.4 Å². The number of nitriles is 1. The highest BCUT2D eigenvalue weighted by Crippen LogP contribution is 2.38. The zero-order valence-electron chi connectivity index (χ0n) is 25.8. The number of amides is 2. The minimum absolute atomic E-state index is 0.0113. The minimum atomic E-state index is -0.585. The lowest BCUT2D eigenvalue weighted by Crippen LogP contribution is -2.54. The molecule has 1 aliphatic rings. The average molecular weight is 576 g/mol. The van der Waals surface area contributed by atoms with Crippen LogP contribution in [-0.2, 0) is 15.0 Å². The summed E-state index contributed by atoms with van der Waals surface area (Å²) in [4.78, 5) is 36.2. The zero-order valence-corrected chi connectivity index (χ0v) is 26.6. The third-order valence-corrected chi connectivity index (χ3v) is 8.26. The van der Waals surface area contributed by atoms with Gasteiger partial charge in [-0.1, -0.05) is 90.3 Å². The number of carbonyl (C=O) groups excluding carboxylic acids is 2. The van der Waals surface area contributed by atoms with Crippen LogP contribution < -0.4 is 9.91 Å². The van der Waals surface area contributed by atoms with Gasteiger partial charge in [0.1, 0.15) is 11.6 Å². The monoisotopic (exact) mass is 575 g/mol. The molecule has 41 heavy (non-hydrogen) atoms. The van der Waals surface area contributed by atoms with E-state index >= 15 is 0 Å². The molecule has 0 spiro atoms. The number of aromatic nitrogens is 1. The molecule has 0 saturated heterocycles. The van der Waals surface area contributed by atoms with Crippen molar-refractivity contribution in [1.82, 2.24) is 9.99 Å². The van der Waals surface area contributed by atoms with Crippen molar-refractivity contribution in [1.29, 1.82) is 5.26 Å². The molecular weight excluding hydrogens is 530 g/mol. The first kappa shape index (κ1) is 32.1. The number of carbonyl (C=O) groups is 2. The molecule has 2 amide bonds. The van der Waals surface area contributed by atoms with Crippen molar-refractivity contribution in [3.8, 4) is 6.07 Å². The number of hydrazine groups is 1. The summed E-state index contributed by atoms with van der Waals surface area (Å²) in [5.41, 5.74) is 2.14. The fourth-order valence-electron chi connectivity index (χ4n) is 4.76. The van der Waals surface area contributed by atoms with Crippen molar-refractivity contribution >= 4 is 40.0 Å². The minimum Gasteiger partial charge on any atom is -0.348 e. The first-order valence-electron chi connectivity index (χ1n) is 14.9. The van der Waals surface area contributed by atoms with Crippen molar-refractivity contribution in [3.05, 3.63) is 57.6 Å². The number of para-hydroxylation sites is 1. The molecule has 0 atom stereocenters. The molecule has 0 fully saturated rings. The topological polar surface area (TPSA) is 80.5 Å². The van der Waals surface area contributed by atoms with Crippen LogP contribution in [-0.4, -0.2) is 41.4 Å². The van der Waals surface area contributed by atoms with Crippen LogP contribution in [0.4, 0.5) is 10.8 Å². The molecule has 0 N–H and O–H groups in total. The van der Waals surface area contributed by atoms with Gasteiger partial charge in [-0.2, -0.15) is 10.3 Å². The van der Waals surface area contributed by atoms with Gasteiger partial charge < -0.3 is 4.90 Å². The Morgan fingerprint density at radius 1 is 0.951 bits per heavy atom. The number of anilines is 2. The number of hydrogen-bond donors (Lipinski definition) is 0. The number of rotatable bonds is 13. The summed E-state index contributed by atoms with van der Waals surface area (Å²) in [7, 11) is 0. The molecule has 1 aromatic heterocycles. The lowest BCUT2D eigenvalue weighted by molar-refractivity contribution is -0.141. The number of benzene rings is 1. The Morgan fingerprint density at radius 3 is 2.07 bits per heavy atom. The van der Waals surface area contributed by atoms with E-state index in [0.29, 0.717) is 17.7 Å². The van der Waals surface area contributed by atoms with Crippen molar-refractivity contribution in [3.63, 3.8) is 0 Å². The summed E-state index contributed by atoms with van der Waals surface area (Å²) in [6, 6.07) is 11.5. The quantitative estimate of drug-likeness (QED) is 0.180. The van der Waals surface area contributed by atoms with Crippen LogP contribution in [0.3, 0.4) is 0 Å². The van der Waals surface area contributed by atoms with Gasteiger partial charge in [-0.15, -0.1) is 0 Å². The maximum atomic E-state index is 14.2. The van der Waals surface area contributed by atoms with Crippen molar-refractivity contribution < 1.29 is 9.59 Å². The predicted molar refractivity (Wildman–Crippen MR) is 170 cm³/mol. The molecular formula is C33H45N5O2S. The van der Waals surface area contributed by atoms with Crippen LogP contribution >= 0.6 is 11.3 Å². The Bertz CT molecular complexity index is 1310. The molecule has 0 saturated carbocycles. The summed E-state index contributed by atoms with van der Waals surface area (Å²) >= 11 is 1.59. The molecule has 0 aliphatic carbocycles. The molecule has 220 valence electrons. The van der Waals surface area contributed by atoms with Crippen LogP contribution in [0.15, 0.2) is 47.1 Å². The first-order valence-corrected chi connectivity index (χ1v) is 15.7. The van der Waals surface area contributed by atoms with Gasteiger partial charge in [0.15, 0.2) is 5.13 Å². The van der Waals surface area contributed by atoms with Crippen LogP contribution in [0.5, 0.6) is 0 Å². The number of nitrogens with zero attached hydrogens (tertiary/aromatic N) is 5. The largest absolute Gasteiger partial charge is 0.348 e. The normalized spacial score (nSPS) is 15.1. The average Bonchev–Trinajstić information content (AvgIpc) is 3.38. The SMILES string of the molecule is CCCCN(CCCC)c1nc(C(C)(C)C)c(/C=C2\C(=O)N(N(CCCC)c3ccccc3)C(=O)C(C#N)=C2C)s1. The van der Waals surface area contributed by atoms with E-state index in [4.69, 9.17) is 4.98 Å². The third kappa shape index (κ3) is 7.45. The number of unbranched alkanes of at least 4 members (excludes halogenated alkanes) is 3. The van der Waals surface area contributed by atoms with Crippen LogP contribution in [0, 0.1) is 11.3 Å². The van der Waals surface area contributed by atoms with Gasteiger partial charge in [0.05, 0.1) is 16.3 Å². The molecule has 7 nitrogen and oxygen atoms in total. The summed E-state index contributed by atoms with van der Waals surface area (Å²) in [5, 5.41) is 13.9. The Balaban J connectivity index is 2.18.